The lowest BCUT2D eigenvalue weighted by Gasteiger charge is -2.08. The van der Waals surface area contributed by atoms with E-state index in [9.17, 15) is 4.79 Å². The molecule has 138 valence electrons. The number of halogens is 1. The van der Waals surface area contributed by atoms with Crippen molar-refractivity contribution in [2.24, 2.45) is 5.10 Å². The van der Waals surface area contributed by atoms with E-state index in [1.807, 2.05) is 24.3 Å². The monoisotopic (exact) mass is 480 g/mol. The van der Waals surface area contributed by atoms with Crippen LogP contribution in [0.15, 0.2) is 77.9 Å². The van der Waals surface area contributed by atoms with E-state index in [1.54, 1.807) is 31.5 Å². The zero-order chi connectivity index (χ0) is 19.5. The van der Waals surface area contributed by atoms with Gasteiger partial charge in [-0.2, -0.15) is 5.10 Å². The standard InChI is InChI=1S/C23H17IN2O2/c1-28-22-11-10-17(13-21(22)24)23(27)26-25-14-20-18-8-4-2-6-15(18)12-16-7-3-5-9-19(16)20/h2-14H,1H3,(H,26,27)/b25-14-. The minimum Gasteiger partial charge on any atom is -0.496 e. The number of amides is 1. The van der Waals surface area contributed by atoms with Gasteiger partial charge in [-0.15, -0.1) is 0 Å². The molecule has 0 saturated carbocycles. The minimum atomic E-state index is -0.263. The van der Waals surface area contributed by atoms with Crippen LogP contribution in [0.25, 0.3) is 21.5 Å². The van der Waals surface area contributed by atoms with Crippen LogP contribution in [-0.2, 0) is 0 Å². The Morgan fingerprint density at radius 2 is 1.61 bits per heavy atom. The number of ether oxygens (including phenoxy) is 1. The first-order valence-corrected chi connectivity index (χ1v) is 9.82. The van der Waals surface area contributed by atoms with Crippen molar-refractivity contribution in [1.29, 1.82) is 0 Å². The van der Waals surface area contributed by atoms with Crippen LogP contribution < -0.4 is 10.2 Å². The third-order valence-electron chi connectivity index (χ3n) is 4.59. The highest BCUT2D eigenvalue weighted by molar-refractivity contribution is 14.1. The number of carbonyl (C=O) groups excluding carboxylic acids is 1. The number of hydrogen-bond donors (Lipinski definition) is 1. The minimum absolute atomic E-state index is 0.263. The van der Waals surface area contributed by atoms with Gasteiger partial charge in [-0.25, -0.2) is 5.43 Å². The molecule has 0 aliphatic heterocycles. The molecule has 4 rings (SSSR count). The molecular formula is C23H17IN2O2. The van der Waals surface area contributed by atoms with Crippen molar-refractivity contribution in [2.75, 3.05) is 7.11 Å². The lowest BCUT2D eigenvalue weighted by atomic mass is 9.97. The van der Waals surface area contributed by atoms with Gasteiger partial charge in [0.15, 0.2) is 0 Å². The Hall–Kier alpha value is -2.93. The summed E-state index contributed by atoms with van der Waals surface area (Å²) in [6.07, 6.45) is 1.72. The summed E-state index contributed by atoms with van der Waals surface area (Å²) in [5, 5.41) is 8.70. The van der Waals surface area contributed by atoms with Gasteiger partial charge in [-0.05, 0) is 68.4 Å². The molecule has 0 bridgehead atoms. The van der Waals surface area contributed by atoms with Gasteiger partial charge in [0.25, 0.3) is 5.91 Å². The van der Waals surface area contributed by atoms with Crippen LogP contribution in [0.4, 0.5) is 0 Å². The molecule has 0 saturated heterocycles. The highest BCUT2D eigenvalue weighted by Crippen LogP contribution is 2.27. The summed E-state index contributed by atoms with van der Waals surface area (Å²) in [5.41, 5.74) is 4.14. The number of fused-ring (bicyclic) bond motifs is 2. The average molecular weight is 480 g/mol. The molecule has 28 heavy (non-hydrogen) atoms. The van der Waals surface area contributed by atoms with Gasteiger partial charge in [0.1, 0.15) is 5.75 Å². The molecule has 0 atom stereocenters. The van der Waals surface area contributed by atoms with Gasteiger partial charge in [0.05, 0.1) is 16.9 Å². The second-order valence-corrected chi connectivity index (χ2v) is 7.44. The number of methoxy groups -OCH3 is 1. The molecule has 4 aromatic rings. The second kappa shape index (κ2) is 7.98. The second-order valence-electron chi connectivity index (χ2n) is 6.28. The summed E-state index contributed by atoms with van der Waals surface area (Å²) in [4.78, 5) is 12.4. The highest BCUT2D eigenvalue weighted by Gasteiger charge is 2.09. The molecule has 4 nitrogen and oxygen atoms in total. The van der Waals surface area contributed by atoms with E-state index in [1.165, 1.54) is 0 Å². The van der Waals surface area contributed by atoms with Gasteiger partial charge in [-0.1, -0.05) is 48.5 Å². The number of carbonyl (C=O) groups is 1. The Balaban J connectivity index is 1.66. The molecule has 0 fully saturated rings. The molecule has 0 aliphatic rings. The van der Waals surface area contributed by atoms with Gasteiger partial charge in [0.2, 0.25) is 0 Å². The van der Waals surface area contributed by atoms with Crippen molar-refractivity contribution in [3.63, 3.8) is 0 Å². The SMILES string of the molecule is COc1ccc(C(=O)N/N=C\c2c3ccccc3cc3ccccc23)cc1I. The van der Waals surface area contributed by atoms with Gasteiger partial charge in [0, 0.05) is 11.1 Å². The highest BCUT2D eigenvalue weighted by atomic mass is 127. The van der Waals surface area contributed by atoms with E-state index < -0.39 is 0 Å². The Bertz CT molecular complexity index is 1160. The van der Waals surface area contributed by atoms with E-state index in [-0.39, 0.29) is 5.91 Å². The summed E-state index contributed by atoms with van der Waals surface area (Å²) in [6, 6.07) is 23.8. The molecular weight excluding hydrogens is 463 g/mol. The fraction of sp³-hybridized carbons (Fsp3) is 0.0435. The predicted molar refractivity (Wildman–Crippen MR) is 122 cm³/mol. The molecule has 0 heterocycles. The smallest absolute Gasteiger partial charge is 0.271 e. The van der Waals surface area contributed by atoms with E-state index >= 15 is 0 Å². The van der Waals surface area contributed by atoms with E-state index in [0.29, 0.717) is 5.56 Å². The first-order valence-electron chi connectivity index (χ1n) is 8.75. The van der Waals surface area contributed by atoms with Crippen LogP contribution in [0.3, 0.4) is 0 Å². The van der Waals surface area contributed by atoms with Crippen LogP contribution in [0.5, 0.6) is 5.75 Å². The van der Waals surface area contributed by atoms with E-state index in [0.717, 1.165) is 36.4 Å². The Labute approximate surface area is 176 Å². The Morgan fingerprint density at radius 3 is 2.21 bits per heavy atom. The van der Waals surface area contributed by atoms with E-state index in [4.69, 9.17) is 4.74 Å². The van der Waals surface area contributed by atoms with Crippen LogP contribution in [0.1, 0.15) is 15.9 Å². The van der Waals surface area contributed by atoms with E-state index in [2.05, 4.69) is 63.4 Å². The maximum Gasteiger partial charge on any atom is 0.271 e. The zero-order valence-corrected chi connectivity index (χ0v) is 17.3. The van der Waals surface area contributed by atoms with Crippen LogP contribution in [-0.4, -0.2) is 19.2 Å². The molecule has 0 unspecified atom stereocenters. The molecule has 0 aromatic heterocycles. The number of hydrogen-bond acceptors (Lipinski definition) is 3. The third-order valence-corrected chi connectivity index (χ3v) is 5.43. The third kappa shape index (κ3) is 3.57. The first-order chi connectivity index (χ1) is 13.7. The van der Waals surface area contributed by atoms with Gasteiger partial charge < -0.3 is 4.74 Å². The van der Waals surface area contributed by atoms with Crippen LogP contribution >= 0.6 is 22.6 Å². The summed E-state index contributed by atoms with van der Waals surface area (Å²) in [7, 11) is 1.61. The molecule has 0 radical (unpaired) electrons. The first kappa shape index (κ1) is 18.4. The quantitative estimate of drug-likeness (QED) is 0.185. The molecule has 4 aromatic carbocycles. The molecule has 1 amide bonds. The summed E-state index contributed by atoms with van der Waals surface area (Å²) < 4.78 is 6.10. The fourth-order valence-electron chi connectivity index (χ4n) is 3.22. The van der Waals surface area contributed by atoms with Crippen LogP contribution in [0.2, 0.25) is 0 Å². The number of rotatable bonds is 4. The Kier molecular flexibility index (Phi) is 5.25. The summed E-state index contributed by atoms with van der Waals surface area (Å²) in [6.45, 7) is 0. The van der Waals surface area contributed by atoms with Crippen molar-refractivity contribution in [1.82, 2.24) is 5.43 Å². The lowest BCUT2D eigenvalue weighted by Crippen LogP contribution is -2.17. The summed E-state index contributed by atoms with van der Waals surface area (Å²) >= 11 is 2.14. The Morgan fingerprint density at radius 1 is 0.964 bits per heavy atom. The van der Waals surface area contributed by atoms with Crippen molar-refractivity contribution >= 4 is 56.3 Å². The number of nitrogens with one attached hydrogen (secondary N) is 1. The number of hydrazone groups is 1. The number of nitrogens with zero attached hydrogens (tertiary/aromatic N) is 1. The topological polar surface area (TPSA) is 50.7 Å². The van der Waals surface area contributed by atoms with Gasteiger partial charge >= 0.3 is 0 Å². The lowest BCUT2D eigenvalue weighted by molar-refractivity contribution is 0.0955. The maximum atomic E-state index is 12.4. The van der Waals surface area contributed by atoms with Gasteiger partial charge in [-0.3, -0.25) is 4.79 Å². The van der Waals surface area contributed by atoms with Crippen LogP contribution in [0, 0.1) is 3.57 Å². The molecule has 1 N–H and O–H groups in total. The summed E-state index contributed by atoms with van der Waals surface area (Å²) in [5.74, 6) is 0.476. The predicted octanol–water partition coefficient (Wildman–Crippen LogP) is 5.37. The van der Waals surface area contributed by atoms with Crippen molar-refractivity contribution in [3.8, 4) is 5.75 Å². The normalized spacial score (nSPS) is 11.2. The average Bonchev–Trinajstić information content (AvgIpc) is 2.73. The fourth-order valence-corrected chi connectivity index (χ4v) is 3.95. The zero-order valence-electron chi connectivity index (χ0n) is 15.1. The number of benzene rings is 4. The largest absolute Gasteiger partial charge is 0.496 e. The maximum absolute atomic E-state index is 12.4. The molecule has 0 aliphatic carbocycles. The van der Waals surface area contributed by atoms with Crippen molar-refractivity contribution in [2.45, 2.75) is 0 Å². The van der Waals surface area contributed by atoms with Crippen molar-refractivity contribution < 1.29 is 9.53 Å². The molecule has 0 spiro atoms. The molecule has 5 heteroatoms. The van der Waals surface area contributed by atoms with Crippen molar-refractivity contribution in [3.05, 3.63) is 87.5 Å².